The molecule has 49 nitrogen and oxygen atoms in total. The molecule has 3 aromatic carbocycles. The molecule has 0 aliphatic carbocycles. The molecule has 0 bridgehead atoms. The summed E-state index contributed by atoms with van der Waals surface area (Å²) in [6.07, 6.45) is -4.30. The van der Waals surface area contributed by atoms with Crippen LogP contribution in [0.2, 0.25) is 36.3 Å². The number of hydrogen-bond donors (Lipinski definition) is 10. The van der Waals surface area contributed by atoms with Crippen LogP contribution in [0.25, 0.3) is 44.7 Å². The number of nitrogens with one attached hydrogen (secondary N) is 6. The van der Waals surface area contributed by atoms with Crippen molar-refractivity contribution in [3.63, 3.8) is 0 Å². The minimum absolute atomic E-state index is 0.00472. The smallest absolute Gasteiger partial charge is 0.468 e. The summed E-state index contributed by atoms with van der Waals surface area (Å²) in [5.41, 5.74) is 2.04. The lowest BCUT2D eigenvalue weighted by Crippen LogP contribution is -2.45. The number of H-pyrrole nitrogens is 1. The average molecular weight is 2310 g/mol. The molecule has 0 saturated carbocycles. The van der Waals surface area contributed by atoms with Crippen LogP contribution in [0, 0.1) is 49.3 Å². The number of aliphatic hydroxyl groups excluding tert-OH is 4. The van der Waals surface area contributed by atoms with Crippen molar-refractivity contribution in [1.82, 2.24) is 83.4 Å². The third-order valence-electron chi connectivity index (χ3n) is 25.1. The number of nitro groups is 3. The number of aromatic nitrogens is 16. The van der Waals surface area contributed by atoms with Crippen LogP contribution in [0.5, 0.6) is 17.6 Å². The summed E-state index contributed by atoms with van der Waals surface area (Å²) >= 11 is 4.02. The van der Waals surface area contributed by atoms with Crippen molar-refractivity contribution in [3.05, 3.63) is 150 Å². The number of fused-ring (bicyclic) bond motifs is 4. The lowest BCUT2D eigenvalue weighted by Gasteiger charge is -2.39. The summed E-state index contributed by atoms with van der Waals surface area (Å²) in [6.45, 7) is 35.1. The SMILES string of the molecule is CC(=O)Nc1nc(OC(C)c2ccc(C#CCNC(=O)C(F)(F)F)cc2[N+](=O)[O-])c2ncn([C@H]3CC(O)[C@@H](CO)O3)c2n1.CC(=O)Nc1nc(OC(C)c2ccc(I)cc2[N+](=O)[O-])c2ncn([C@H]3CC(O)[C@@H](CO)O3)c2n1.CC[C@H]1O[C@@H](n2cnc3c(=O)[nH]c(NC(C)=O)nc32)CC1O[Si](C)(C)C(C)(C)C.CC[C@H]1O[C@@H](n2cnc3c(OC(C)c4ccc(I)cc4[N+](=O)[O-])nc(NC(C)=O)nc32)CC1O[Si](C)(C)C(C)(C)C. The topological polar surface area (TPSA) is 633 Å². The third kappa shape index (κ3) is 27.1. The van der Waals surface area contributed by atoms with Gasteiger partial charge in [0.25, 0.3) is 22.6 Å². The Labute approximate surface area is 866 Å². The molecule has 0 spiro atoms. The second-order valence-corrected chi connectivity index (χ2v) is 49.8. The summed E-state index contributed by atoms with van der Waals surface area (Å²) in [6, 6.07) is 13.5. The fourth-order valence-electron chi connectivity index (χ4n) is 15.7. The molecule has 7 unspecified atom stereocenters. The maximum atomic E-state index is 12.3. The number of benzene rings is 3. The predicted octanol–water partition coefficient (Wildman–Crippen LogP) is 13.3. The molecule has 147 heavy (non-hydrogen) atoms. The Hall–Kier alpha value is -12.5. The fraction of sp³-hybridized carbons (Fsp3) is 0.505. The van der Waals surface area contributed by atoms with Gasteiger partial charge in [-0.2, -0.15) is 48.1 Å². The van der Waals surface area contributed by atoms with E-state index in [1.807, 2.05) is 49.7 Å². The number of halogens is 5. The van der Waals surface area contributed by atoms with Gasteiger partial charge in [0.15, 0.2) is 61.3 Å². The highest BCUT2D eigenvalue weighted by atomic mass is 127. The molecule has 4 aliphatic heterocycles. The number of anilines is 4. The zero-order valence-electron chi connectivity index (χ0n) is 83.3. The van der Waals surface area contributed by atoms with Gasteiger partial charge < -0.3 is 67.8 Å². The monoisotopic (exact) mass is 2310 g/mol. The Morgan fingerprint density at radius 3 is 1.16 bits per heavy atom. The van der Waals surface area contributed by atoms with Gasteiger partial charge in [0.05, 0.1) is 113 Å². The van der Waals surface area contributed by atoms with Gasteiger partial charge in [-0.05, 0) is 151 Å². The van der Waals surface area contributed by atoms with Crippen molar-refractivity contribution in [2.45, 2.75) is 277 Å². The lowest BCUT2D eigenvalue weighted by atomic mass is 10.1. The highest BCUT2D eigenvalue weighted by Crippen LogP contribution is 2.47. The van der Waals surface area contributed by atoms with Crippen LogP contribution >= 0.6 is 45.2 Å². The molecule has 12 heterocycles. The van der Waals surface area contributed by atoms with Crippen LogP contribution in [0.15, 0.2) is 84.7 Å². The van der Waals surface area contributed by atoms with Crippen LogP contribution in [-0.2, 0) is 51.8 Å². The minimum atomic E-state index is -5.07. The zero-order valence-corrected chi connectivity index (χ0v) is 89.6. The Balaban J connectivity index is 0.000000176. The third-order valence-corrected chi connectivity index (χ3v) is 35.4. The van der Waals surface area contributed by atoms with E-state index in [1.165, 1.54) is 76.1 Å². The van der Waals surface area contributed by atoms with Gasteiger partial charge in [0, 0.05) is 84.3 Å². The first kappa shape index (κ1) is 113. The largest absolute Gasteiger partial charge is 0.471 e. The van der Waals surface area contributed by atoms with E-state index in [0.29, 0.717) is 44.3 Å². The van der Waals surface area contributed by atoms with E-state index in [9.17, 15) is 92.7 Å². The first-order valence-electron chi connectivity index (χ1n) is 46.4. The molecular weight excluding hydrogens is 2200 g/mol. The number of aliphatic hydroxyl groups is 4. The number of amides is 5. The number of aromatic amines is 1. The van der Waals surface area contributed by atoms with E-state index in [1.54, 1.807) is 65.2 Å². The van der Waals surface area contributed by atoms with Gasteiger partial charge in [-0.1, -0.05) is 67.2 Å². The summed E-state index contributed by atoms with van der Waals surface area (Å²) in [5, 5.41) is 86.0. The molecule has 11 aromatic rings. The van der Waals surface area contributed by atoms with Gasteiger partial charge >= 0.3 is 12.1 Å². The van der Waals surface area contributed by atoms with Crippen LogP contribution in [0.4, 0.5) is 54.0 Å². The van der Waals surface area contributed by atoms with Crippen LogP contribution in [0.3, 0.4) is 0 Å². The molecule has 790 valence electrons. The fourth-order valence-corrected chi connectivity index (χ4v) is 19.4. The average Bonchev–Trinajstić information content (AvgIpc) is 1.65. The number of nitrogens with zero attached hydrogens (tertiary/aromatic N) is 18. The van der Waals surface area contributed by atoms with Crippen LogP contribution in [0.1, 0.15) is 208 Å². The molecule has 4 saturated heterocycles. The number of hydrogen-bond acceptors (Lipinski definition) is 36. The Bertz CT molecular complexity index is 6890. The standard InChI is InChI=1S/C27H37IN6O6Si.C25H24F3N7O8.C20H21IN6O7.C19H31N5O4Si/c1-9-20-21(40-41(7,8)27(4,5)6)13-22(39-20)33-14-29-23-24(33)31-26(30-16(3)35)32-25(23)38-15(2)18-11-10-17(28)12-19(18)34(36)37;1-12(15-6-5-14(8-16(15)35(40)41)4-3-7-29-23(39)25(26,27)28)42-22-20-21(32-24(33-22)31-13(2)37)34(11-30-20)19-9-17(38)18(10-36)43-19;1-9(12-4-3-11(21)5-13(12)27(31)32)33-19-17-18(24-20(25-19)23-10(2)29)26(8-22-17)16-6-14(30)15(7-28)34-16;1-8-12-13(28-29(6,7)19(3,4)5)9-14(27-12)24-10-20-15-16(24)22-18(21-11(2)25)23-17(15)26/h10-12,14-15,20-22H,9,13H2,1-8H3,(H,30,31,32,35);5-6,8,11-12,17-19,36,38H,7,9-10H2,1-2H3,(H,29,39)(H,31,32,33,37);3-5,8-9,14-16,28,30H,6-7H2,1-2H3,(H,23,24,25,29);10,12-14H,8-9H2,1-7H3,(H2,21,22,23,25,26)/t15?,20-,21?,22-;12?,17?,18-,19-;9?,14?,15-,16-;12-,13?,14-/m1111/s1. The number of nitro benzene ring substituents is 3. The van der Waals surface area contributed by atoms with Crippen molar-refractivity contribution in [3.8, 4) is 29.5 Å². The maximum absolute atomic E-state index is 12.3. The van der Waals surface area contributed by atoms with Crippen molar-refractivity contribution in [1.29, 1.82) is 0 Å². The van der Waals surface area contributed by atoms with E-state index in [4.69, 9.17) is 42.0 Å². The number of carbonyl (C=O) groups excluding carboxylic acids is 5. The quantitative estimate of drug-likeness (QED) is 0.00684. The summed E-state index contributed by atoms with van der Waals surface area (Å²) in [5.74, 6) is 0.870. The minimum Gasteiger partial charge on any atom is -0.468 e. The van der Waals surface area contributed by atoms with E-state index < -0.39 is 141 Å². The van der Waals surface area contributed by atoms with Gasteiger partial charge in [-0.3, -0.25) is 104 Å². The number of ether oxygens (including phenoxy) is 7. The maximum Gasteiger partial charge on any atom is 0.471 e. The van der Waals surface area contributed by atoms with E-state index >= 15 is 0 Å². The van der Waals surface area contributed by atoms with Crippen molar-refractivity contribution >= 4 is 177 Å². The summed E-state index contributed by atoms with van der Waals surface area (Å²) in [4.78, 5) is 154. The predicted molar refractivity (Wildman–Crippen MR) is 544 cm³/mol. The molecule has 4 fully saturated rings. The zero-order chi connectivity index (χ0) is 108. The number of imidazole rings is 4. The second-order valence-electron chi connectivity index (χ2n) is 37.8. The van der Waals surface area contributed by atoms with Crippen molar-refractivity contribution in [2.24, 2.45) is 0 Å². The first-order valence-corrected chi connectivity index (χ1v) is 54.3. The molecule has 10 N–H and O–H groups in total. The van der Waals surface area contributed by atoms with Crippen LogP contribution < -0.4 is 46.4 Å². The summed E-state index contributed by atoms with van der Waals surface area (Å²) < 4.78 is 101. The first-order chi connectivity index (χ1) is 69.0. The molecule has 15 atom stereocenters. The second kappa shape index (κ2) is 46.9. The molecule has 8 aromatic heterocycles. The molecule has 5 amide bonds. The van der Waals surface area contributed by atoms with E-state index in [2.05, 4.69) is 174 Å². The Morgan fingerprint density at radius 2 is 0.837 bits per heavy atom. The van der Waals surface area contributed by atoms with E-state index in [0.717, 1.165) is 22.5 Å². The number of alkyl halides is 3. The highest BCUT2D eigenvalue weighted by molar-refractivity contribution is 14.1. The Morgan fingerprint density at radius 1 is 0.510 bits per heavy atom. The summed E-state index contributed by atoms with van der Waals surface area (Å²) in [7, 11) is -4.00. The van der Waals surface area contributed by atoms with Crippen molar-refractivity contribution < 1.29 is 114 Å². The van der Waals surface area contributed by atoms with Gasteiger partial charge in [-0.25, -0.2) is 19.9 Å². The van der Waals surface area contributed by atoms with Gasteiger partial charge in [-0.15, -0.1) is 0 Å². The normalized spacial score (nSPS) is 20.5. The highest BCUT2D eigenvalue weighted by Gasteiger charge is 2.49. The van der Waals surface area contributed by atoms with Gasteiger partial charge in [0.2, 0.25) is 65.1 Å². The van der Waals surface area contributed by atoms with Gasteiger partial charge in [0.1, 0.15) is 55.4 Å². The number of rotatable bonds is 29. The van der Waals surface area contributed by atoms with Crippen LogP contribution in [-0.4, -0.2) is 234 Å². The molecule has 0 radical (unpaired) electrons. The molecule has 15 rings (SSSR count). The molecule has 4 aliphatic rings. The Kier molecular flexibility index (Phi) is 36.1. The lowest BCUT2D eigenvalue weighted by molar-refractivity contribution is -0.386. The number of carbonyl (C=O) groups is 5. The molecular formula is C91H113F3I2N24O25Si2. The van der Waals surface area contributed by atoms with Crippen molar-refractivity contribution in [2.75, 3.05) is 41.0 Å². The molecule has 56 heteroatoms. The van der Waals surface area contributed by atoms with E-state index in [-0.39, 0.29) is 164 Å².